The number of Topliss-reactive ketones (excluding diaryl/α,β-unsaturated/α-hetero) is 1. The second kappa shape index (κ2) is 5.91. The summed E-state index contributed by atoms with van der Waals surface area (Å²) in [6.45, 7) is 4.43. The monoisotopic (exact) mass is 227 g/mol. The van der Waals surface area contributed by atoms with E-state index in [0.29, 0.717) is 0 Å². The summed E-state index contributed by atoms with van der Waals surface area (Å²) in [6, 6.07) is 0. The minimum absolute atomic E-state index is 0.681. The molecule has 0 rings (SSSR count). The van der Waals surface area contributed by atoms with Crippen molar-refractivity contribution in [1.29, 1.82) is 0 Å². The van der Waals surface area contributed by atoms with Gasteiger partial charge < -0.3 is 9.47 Å². The number of ether oxygens (including phenoxy) is 2. The fourth-order valence-corrected chi connectivity index (χ4v) is 0.558. The molecule has 0 N–H and O–H groups in total. The van der Waals surface area contributed by atoms with Crippen LogP contribution in [0.25, 0.3) is 0 Å². The second-order valence-electron chi connectivity index (χ2n) is 3.85. The van der Waals surface area contributed by atoms with E-state index >= 15 is 0 Å². The number of rotatable bonds is 2. The minimum atomic E-state index is -1.58. The summed E-state index contributed by atoms with van der Waals surface area (Å²) in [6.07, 6.45) is 0. The van der Waals surface area contributed by atoms with Gasteiger partial charge in [-0.2, -0.15) is 0 Å². The zero-order valence-corrected chi connectivity index (χ0v) is 9.62. The van der Waals surface area contributed by atoms with E-state index in [1.165, 1.54) is 0 Å². The standard InChI is InChI=1S/C11H14O5/c1-8(12)10(14)15-7-5-6-9(13)16-11(2,3)4/h7H2,1-4H3/i7D. The van der Waals surface area contributed by atoms with Crippen LogP contribution in [0.15, 0.2) is 0 Å². The fourth-order valence-electron chi connectivity index (χ4n) is 0.558. The van der Waals surface area contributed by atoms with E-state index in [0.717, 1.165) is 6.92 Å². The summed E-state index contributed by atoms with van der Waals surface area (Å²) in [5, 5.41) is 0. The molecule has 5 nitrogen and oxygen atoms in total. The predicted molar refractivity (Wildman–Crippen MR) is 55.3 cm³/mol. The van der Waals surface area contributed by atoms with Gasteiger partial charge in [-0.3, -0.25) is 4.79 Å². The molecule has 0 aromatic carbocycles. The Kier molecular flexibility index (Phi) is 4.52. The van der Waals surface area contributed by atoms with Gasteiger partial charge in [0.05, 0.1) is 1.37 Å². The Morgan fingerprint density at radius 2 is 1.88 bits per heavy atom. The highest BCUT2D eigenvalue weighted by Crippen LogP contribution is 2.05. The lowest BCUT2D eigenvalue weighted by molar-refractivity contribution is -0.151. The molecule has 0 aliphatic carbocycles. The van der Waals surface area contributed by atoms with Crippen LogP contribution < -0.4 is 0 Å². The molecule has 0 bridgehead atoms. The Bertz CT molecular complexity index is 383. The highest BCUT2D eigenvalue weighted by Gasteiger charge is 2.14. The van der Waals surface area contributed by atoms with Crippen molar-refractivity contribution in [2.45, 2.75) is 33.3 Å². The van der Waals surface area contributed by atoms with Crippen LogP contribution in [-0.2, 0) is 23.9 Å². The Morgan fingerprint density at radius 1 is 1.31 bits per heavy atom. The van der Waals surface area contributed by atoms with Crippen molar-refractivity contribution in [2.75, 3.05) is 6.58 Å². The number of ketones is 1. The third-order valence-corrected chi connectivity index (χ3v) is 1.09. The molecule has 0 amide bonds. The molecule has 16 heavy (non-hydrogen) atoms. The molecule has 0 fully saturated rings. The van der Waals surface area contributed by atoms with Crippen LogP contribution >= 0.6 is 0 Å². The van der Waals surface area contributed by atoms with Gasteiger partial charge in [-0.05, 0) is 26.7 Å². The third-order valence-electron chi connectivity index (χ3n) is 1.09. The molecular weight excluding hydrogens is 212 g/mol. The Hall–Kier alpha value is -1.83. The highest BCUT2D eigenvalue weighted by atomic mass is 16.6. The Morgan fingerprint density at radius 3 is 2.31 bits per heavy atom. The van der Waals surface area contributed by atoms with Crippen molar-refractivity contribution in [3.63, 3.8) is 0 Å². The highest BCUT2D eigenvalue weighted by molar-refractivity contribution is 6.32. The van der Waals surface area contributed by atoms with Crippen molar-refractivity contribution in [1.82, 2.24) is 0 Å². The first-order chi connectivity index (χ1) is 7.61. The van der Waals surface area contributed by atoms with Crippen LogP contribution in [0, 0.1) is 11.8 Å². The molecule has 0 heterocycles. The van der Waals surface area contributed by atoms with Crippen LogP contribution in [0.4, 0.5) is 0 Å². The average Bonchev–Trinajstić information content (AvgIpc) is 2.11. The normalized spacial score (nSPS) is 12.6. The molecule has 0 spiro atoms. The van der Waals surface area contributed by atoms with Crippen molar-refractivity contribution in [2.24, 2.45) is 0 Å². The van der Waals surface area contributed by atoms with Gasteiger partial charge in [0.25, 0.3) is 0 Å². The van der Waals surface area contributed by atoms with Gasteiger partial charge >= 0.3 is 11.9 Å². The first kappa shape index (κ1) is 12.2. The zero-order chi connectivity index (χ0) is 13.6. The van der Waals surface area contributed by atoms with Crippen LogP contribution in [-0.4, -0.2) is 29.9 Å². The SMILES string of the molecule is [2H]C(C#CC(=O)OC(C)(C)C)OC(=O)C(C)=O. The summed E-state index contributed by atoms with van der Waals surface area (Å²) in [7, 11) is 0. The third kappa shape index (κ3) is 7.56. The van der Waals surface area contributed by atoms with Crippen LogP contribution in [0.1, 0.15) is 29.1 Å². The Balaban J connectivity index is 4.31. The zero-order valence-electron chi connectivity index (χ0n) is 10.6. The first-order valence-corrected chi connectivity index (χ1v) is 4.50. The second-order valence-corrected chi connectivity index (χ2v) is 3.85. The summed E-state index contributed by atoms with van der Waals surface area (Å²) in [5.41, 5.74) is -0.681. The van der Waals surface area contributed by atoms with E-state index in [-0.39, 0.29) is 0 Å². The molecule has 0 aromatic rings. The van der Waals surface area contributed by atoms with Gasteiger partial charge in [-0.15, -0.1) is 0 Å². The lowest BCUT2D eigenvalue weighted by atomic mass is 10.2. The van der Waals surface area contributed by atoms with Gasteiger partial charge in [0.15, 0.2) is 6.58 Å². The molecule has 0 aliphatic rings. The molecule has 0 saturated carbocycles. The van der Waals surface area contributed by atoms with Gasteiger partial charge in [-0.1, -0.05) is 0 Å². The number of esters is 2. The summed E-state index contributed by atoms with van der Waals surface area (Å²) >= 11 is 0. The maximum absolute atomic E-state index is 11.1. The minimum Gasteiger partial charge on any atom is -0.450 e. The number of carbonyl (C=O) groups excluding carboxylic acids is 3. The number of hydrogen-bond acceptors (Lipinski definition) is 5. The van der Waals surface area contributed by atoms with E-state index in [4.69, 9.17) is 6.11 Å². The smallest absolute Gasteiger partial charge is 0.384 e. The largest absolute Gasteiger partial charge is 0.450 e. The van der Waals surface area contributed by atoms with Gasteiger partial charge in [0.2, 0.25) is 5.78 Å². The van der Waals surface area contributed by atoms with E-state index < -0.39 is 29.9 Å². The van der Waals surface area contributed by atoms with Crippen molar-refractivity contribution in [3.05, 3.63) is 0 Å². The van der Waals surface area contributed by atoms with E-state index in [2.05, 4.69) is 4.74 Å². The topological polar surface area (TPSA) is 69.7 Å². The molecule has 1 atom stereocenters. The van der Waals surface area contributed by atoms with Crippen LogP contribution in [0.3, 0.4) is 0 Å². The molecule has 0 radical (unpaired) electrons. The van der Waals surface area contributed by atoms with E-state index in [1.807, 2.05) is 11.8 Å². The number of hydrogen-bond donors (Lipinski definition) is 0. The van der Waals surface area contributed by atoms with Gasteiger partial charge in [-0.25, -0.2) is 9.59 Å². The van der Waals surface area contributed by atoms with Crippen molar-refractivity contribution in [3.8, 4) is 11.8 Å². The maximum atomic E-state index is 11.1. The van der Waals surface area contributed by atoms with E-state index in [9.17, 15) is 14.4 Å². The molecule has 0 saturated heterocycles. The van der Waals surface area contributed by atoms with Gasteiger partial charge in [0.1, 0.15) is 5.60 Å². The van der Waals surface area contributed by atoms with Gasteiger partial charge in [0, 0.05) is 12.8 Å². The fraction of sp³-hybridized carbons (Fsp3) is 0.545. The average molecular weight is 227 g/mol. The molecular formula is C11H14O5. The maximum Gasteiger partial charge on any atom is 0.384 e. The van der Waals surface area contributed by atoms with Crippen LogP contribution in [0.5, 0.6) is 0 Å². The van der Waals surface area contributed by atoms with E-state index in [1.54, 1.807) is 20.8 Å². The lowest BCUT2D eigenvalue weighted by Crippen LogP contribution is -2.22. The molecule has 0 aliphatic heterocycles. The predicted octanol–water partition coefficient (Wildman–Crippen LogP) is 0.464. The summed E-state index contributed by atoms with van der Waals surface area (Å²) < 4.78 is 16.3. The summed E-state index contributed by atoms with van der Waals surface area (Å²) in [4.78, 5) is 32.4. The van der Waals surface area contributed by atoms with Crippen molar-refractivity contribution >= 4 is 17.7 Å². The van der Waals surface area contributed by atoms with Crippen molar-refractivity contribution < 1.29 is 25.2 Å². The Labute approximate surface area is 95.5 Å². The quantitative estimate of drug-likeness (QED) is 0.297. The van der Waals surface area contributed by atoms with Crippen LogP contribution in [0.2, 0.25) is 0 Å². The molecule has 88 valence electrons. The summed E-state index contributed by atoms with van der Waals surface area (Å²) in [5.74, 6) is 1.21. The molecule has 1 unspecified atom stereocenters. The lowest BCUT2D eigenvalue weighted by Gasteiger charge is -2.16. The molecule has 5 heteroatoms. The number of carbonyl (C=O) groups is 3. The first-order valence-electron chi connectivity index (χ1n) is 5.08. The molecule has 0 aromatic heterocycles.